The largest absolute Gasteiger partial charge is 0.707 e. The zero-order chi connectivity index (χ0) is 12.3. The Morgan fingerprint density at radius 2 is 1.65 bits per heavy atom. The number of benzene rings is 2. The van der Waals surface area contributed by atoms with E-state index in [1.807, 2.05) is 42.5 Å². The van der Waals surface area contributed by atoms with Crippen LogP contribution in [0.3, 0.4) is 0 Å². The van der Waals surface area contributed by atoms with E-state index in [-0.39, 0.29) is 0 Å². The molecule has 0 saturated heterocycles. The van der Waals surface area contributed by atoms with Gasteiger partial charge in [-0.3, -0.25) is 0 Å². The van der Waals surface area contributed by atoms with Crippen LogP contribution in [-0.4, -0.2) is 17.4 Å². The lowest BCUT2D eigenvalue weighted by Crippen LogP contribution is -2.20. The molecule has 0 unspecified atom stereocenters. The first-order valence-corrected chi connectivity index (χ1v) is 5.84. The molecule has 0 spiro atoms. The van der Waals surface area contributed by atoms with Gasteiger partial charge in [-0.25, -0.2) is 0 Å². The maximum absolute atomic E-state index is 8.73. The first-order valence-electron chi connectivity index (χ1n) is 5.04. The molecular weight excluding hydrogens is 283 g/mol. The van der Waals surface area contributed by atoms with E-state index >= 15 is 0 Å². The standard InChI is InChI=1S/C12H10BBrO3/c14-11-8-10(9-4-2-1-3-5-9)6-7-12(11)17-13(15)16/h1-8,15-16H. The van der Waals surface area contributed by atoms with Crippen molar-refractivity contribution in [2.24, 2.45) is 0 Å². The highest BCUT2D eigenvalue weighted by Gasteiger charge is 2.13. The second-order valence-corrected chi connectivity index (χ2v) is 4.31. The van der Waals surface area contributed by atoms with Crippen molar-refractivity contribution in [3.63, 3.8) is 0 Å². The molecule has 5 heteroatoms. The third-order valence-electron chi connectivity index (χ3n) is 2.27. The Kier molecular flexibility index (Phi) is 3.84. The summed E-state index contributed by atoms with van der Waals surface area (Å²) < 4.78 is 5.47. The van der Waals surface area contributed by atoms with Crippen LogP contribution in [0.2, 0.25) is 0 Å². The van der Waals surface area contributed by atoms with Crippen LogP contribution >= 0.6 is 15.9 Å². The molecule has 2 aromatic carbocycles. The second kappa shape index (κ2) is 5.36. The van der Waals surface area contributed by atoms with Gasteiger partial charge in [0.2, 0.25) is 0 Å². The van der Waals surface area contributed by atoms with Crippen molar-refractivity contribution in [3.8, 4) is 16.9 Å². The van der Waals surface area contributed by atoms with Crippen molar-refractivity contribution in [2.75, 3.05) is 0 Å². The fourth-order valence-electron chi connectivity index (χ4n) is 1.52. The van der Waals surface area contributed by atoms with Gasteiger partial charge in [0.25, 0.3) is 0 Å². The van der Waals surface area contributed by atoms with Gasteiger partial charge in [-0.15, -0.1) is 0 Å². The molecular formula is C12H10BBrO3. The van der Waals surface area contributed by atoms with Gasteiger partial charge in [-0.05, 0) is 39.2 Å². The number of hydrogen-bond acceptors (Lipinski definition) is 3. The first kappa shape index (κ1) is 12.2. The molecule has 17 heavy (non-hydrogen) atoms. The molecule has 0 radical (unpaired) electrons. The maximum atomic E-state index is 8.73. The van der Waals surface area contributed by atoms with Crippen LogP contribution in [-0.2, 0) is 0 Å². The van der Waals surface area contributed by atoms with E-state index in [1.165, 1.54) is 0 Å². The molecule has 2 rings (SSSR count). The van der Waals surface area contributed by atoms with Crippen molar-refractivity contribution in [1.29, 1.82) is 0 Å². The molecule has 0 heterocycles. The van der Waals surface area contributed by atoms with Gasteiger partial charge in [0.1, 0.15) is 5.75 Å². The smallest absolute Gasteiger partial charge is 0.511 e. The molecule has 0 saturated carbocycles. The minimum absolute atomic E-state index is 0.389. The summed E-state index contributed by atoms with van der Waals surface area (Å²) >= 11 is 3.33. The minimum atomic E-state index is -1.81. The summed E-state index contributed by atoms with van der Waals surface area (Å²) in [5, 5.41) is 17.5. The van der Waals surface area contributed by atoms with Crippen LogP contribution in [0.1, 0.15) is 0 Å². The fraction of sp³-hybridized carbons (Fsp3) is 0. The van der Waals surface area contributed by atoms with Gasteiger partial charge < -0.3 is 14.7 Å². The summed E-state index contributed by atoms with van der Waals surface area (Å²) in [6.07, 6.45) is 0. The van der Waals surface area contributed by atoms with Crippen LogP contribution < -0.4 is 4.65 Å². The Labute approximate surface area is 108 Å². The van der Waals surface area contributed by atoms with Gasteiger partial charge in [0.15, 0.2) is 0 Å². The lowest BCUT2D eigenvalue weighted by atomic mass is 10.1. The highest BCUT2D eigenvalue weighted by Crippen LogP contribution is 2.30. The van der Waals surface area contributed by atoms with E-state index in [4.69, 9.17) is 14.7 Å². The molecule has 0 amide bonds. The molecule has 0 fully saturated rings. The topological polar surface area (TPSA) is 49.7 Å². The molecule has 0 aromatic heterocycles. The van der Waals surface area contributed by atoms with Crippen LogP contribution in [0, 0.1) is 0 Å². The Morgan fingerprint density at radius 1 is 0.941 bits per heavy atom. The van der Waals surface area contributed by atoms with E-state index < -0.39 is 7.32 Å². The summed E-state index contributed by atoms with van der Waals surface area (Å²) in [7, 11) is -1.81. The van der Waals surface area contributed by atoms with Gasteiger partial charge in [0.05, 0.1) is 4.47 Å². The molecule has 86 valence electrons. The predicted octanol–water partition coefficient (Wildman–Crippen LogP) is 2.46. The summed E-state index contributed by atoms with van der Waals surface area (Å²) in [4.78, 5) is 0. The van der Waals surface area contributed by atoms with E-state index in [0.29, 0.717) is 10.2 Å². The fourth-order valence-corrected chi connectivity index (χ4v) is 1.99. The number of hydrogen-bond donors (Lipinski definition) is 2. The van der Waals surface area contributed by atoms with Crippen molar-refractivity contribution >= 4 is 23.3 Å². The lowest BCUT2D eigenvalue weighted by molar-refractivity contribution is 0.287. The third kappa shape index (κ3) is 3.09. The van der Waals surface area contributed by atoms with E-state index in [2.05, 4.69) is 15.9 Å². The normalized spacial score (nSPS) is 10.1. The van der Waals surface area contributed by atoms with Crippen molar-refractivity contribution in [2.45, 2.75) is 0 Å². The second-order valence-electron chi connectivity index (χ2n) is 3.46. The van der Waals surface area contributed by atoms with Crippen LogP contribution in [0.25, 0.3) is 11.1 Å². The SMILES string of the molecule is OB(O)Oc1ccc(-c2ccccc2)cc1Br. The summed E-state index contributed by atoms with van der Waals surface area (Å²) in [5.74, 6) is 0.389. The highest BCUT2D eigenvalue weighted by molar-refractivity contribution is 9.10. The first-order chi connectivity index (χ1) is 8.16. The van der Waals surface area contributed by atoms with Gasteiger partial charge in [0, 0.05) is 0 Å². The third-order valence-corrected chi connectivity index (χ3v) is 2.89. The van der Waals surface area contributed by atoms with E-state index in [9.17, 15) is 0 Å². The number of halogens is 1. The Balaban J connectivity index is 2.31. The molecule has 2 aromatic rings. The highest BCUT2D eigenvalue weighted by atomic mass is 79.9. The summed E-state index contributed by atoms with van der Waals surface area (Å²) in [6.45, 7) is 0. The lowest BCUT2D eigenvalue weighted by Gasteiger charge is -2.09. The van der Waals surface area contributed by atoms with Gasteiger partial charge >= 0.3 is 7.32 Å². The Morgan fingerprint density at radius 3 is 2.24 bits per heavy atom. The monoisotopic (exact) mass is 292 g/mol. The summed E-state index contributed by atoms with van der Waals surface area (Å²) in [6, 6.07) is 15.3. The van der Waals surface area contributed by atoms with Crippen molar-refractivity contribution in [1.82, 2.24) is 0 Å². The Bertz CT molecular complexity index is 502. The average molecular weight is 293 g/mol. The quantitative estimate of drug-likeness (QED) is 0.855. The molecule has 0 bridgehead atoms. The number of rotatable bonds is 3. The minimum Gasteiger partial charge on any atom is -0.511 e. The maximum Gasteiger partial charge on any atom is 0.707 e. The molecule has 0 aliphatic heterocycles. The summed E-state index contributed by atoms with van der Waals surface area (Å²) in [5.41, 5.74) is 2.11. The average Bonchev–Trinajstić information content (AvgIpc) is 2.32. The molecule has 3 nitrogen and oxygen atoms in total. The molecule has 0 atom stereocenters. The van der Waals surface area contributed by atoms with E-state index in [0.717, 1.165) is 11.1 Å². The molecule has 0 aliphatic carbocycles. The van der Waals surface area contributed by atoms with Crippen LogP contribution in [0.4, 0.5) is 0 Å². The van der Waals surface area contributed by atoms with Crippen LogP contribution in [0.15, 0.2) is 53.0 Å². The van der Waals surface area contributed by atoms with Crippen LogP contribution in [0.5, 0.6) is 5.75 Å². The van der Waals surface area contributed by atoms with E-state index in [1.54, 1.807) is 6.07 Å². The van der Waals surface area contributed by atoms with Gasteiger partial charge in [-0.2, -0.15) is 0 Å². The van der Waals surface area contributed by atoms with Gasteiger partial charge in [-0.1, -0.05) is 36.4 Å². The molecule has 0 aliphatic rings. The van der Waals surface area contributed by atoms with Crippen molar-refractivity contribution in [3.05, 3.63) is 53.0 Å². The van der Waals surface area contributed by atoms with Crippen molar-refractivity contribution < 1.29 is 14.7 Å². The zero-order valence-corrected chi connectivity index (χ0v) is 10.5. The molecule has 2 N–H and O–H groups in total. The predicted molar refractivity (Wildman–Crippen MR) is 70.4 cm³/mol. The Hall–Kier alpha value is -1.30. The zero-order valence-electron chi connectivity index (χ0n) is 8.88.